The lowest BCUT2D eigenvalue weighted by atomic mass is 10.1. The van der Waals surface area contributed by atoms with Gasteiger partial charge in [0.05, 0.1) is 16.9 Å². The number of carbonyl (C=O) groups excluding carboxylic acids is 1. The smallest absolute Gasteiger partial charge is 0.257 e. The molecule has 3 N–H and O–H groups in total. The van der Waals surface area contributed by atoms with Gasteiger partial charge in [-0.25, -0.2) is 8.78 Å². The Bertz CT molecular complexity index is 865. The van der Waals surface area contributed by atoms with Crippen LogP contribution in [-0.4, -0.2) is 38.0 Å². The molecule has 5 nitrogen and oxygen atoms in total. The molecule has 26 heavy (non-hydrogen) atoms. The largest absolute Gasteiger partial charge is 0.381 e. The standard InChI is InChI=1S/C19H20F2N4O/c1-25(2)8-7-22-17-6-4-13(10-16(17)21)23-11-15-14-5-3-12(20)9-18(14)24-19(15)26/h3-6,9-11,22-23H,7-8H2,1-2H3,(H,24,26)/b15-11+. The SMILES string of the molecule is CN(C)CCNc1ccc(N/C=C2/C(=O)Nc3cc(F)ccc32)cc1F. The van der Waals surface area contributed by atoms with Gasteiger partial charge < -0.3 is 20.9 Å². The van der Waals surface area contributed by atoms with Gasteiger partial charge in [0.15, 0.2) is 0 Å². The third-order valence-corrected chi connectivity index (χ3v) is 3.99. The van der Waals surface area contributed by atoms with Crippen molar-refractivity contribution in [2.75, 3.05) is 43.1 Å². The molecule has 0 unspecified atom stereocenters. The molecule has 0 saturated heterocycles. The average Bonchev–Trinajstić information content (AvgIpc) is 2.88. The molecule has 1 aliphatic rings. The van der Waals surface area contributed by atoms with Gasteiger partial charge in [0.1, 0.15) is 11.6 Å². The van der Waals surface area contributed by atoms with Crippen LogP contribution in [0.2, 0.25) is 0 Å². The van der Waals surface area contributed by atoms with Crippen molar-refractivity contribution in [3.05, 3.63) is 59.8 Å². The zero-order chi connectivity index (χ0) is 18.7. The predicted octanol–water partition coefficient (Wildman–Crippen LogP) is 3.34. The van der Waals surface area contributed by atoms with Crippen molar-refractivity contribution < 1.29 is 13.6 Å². The summed E-state index contributed by atoms with van der Waals surface area (Å²) in [5.74, 6) is -1.14. The Labute approximate surface area is 150 Å². The van der Waals surface area contributed by atoms with Crippen LogP contribution in [0.3, 0.4) is 0 Å². The van der Waals surface area contributed by atoms with Crippen LogP contribution in [-0.2, 0) is 4.79 Å². The summed E-state index contributed by atoms with van der Waals surface area (Å²) in [6.45, 7) is 1.43. The Morgan fingerprint density at radius 1 is 1.15 bits per heavy atom. The first-order valence-electron chi connectivity index (χ1n) is 8.20. The molecule has 1 heterocycles. The Morgan fingerprint density at radius 3 is 2.69 bits per heavy atom. The van der Waals surface area contributed by atoms with E-state index in [2.05, 4.69) is 16.0 Å². The first-order valence-corrected chi connectivity index (χ1v) is 8.20. The van der Waals surface area contributed by atoms with E-state index in [-0.39, 0.29) is 11.7 Å². The number of nitrogens with one attached hydrogen (secondary N) is 3. The van der Waals surface area contributed by atoms with E-state index in [9.17, 15) is 13.6 Å². The van der Waals surface area contributed by atoms with Crippen molar-refractivity contribution >= 4 is 28.5 Å². The molecule has 0 aromatic heterocycles. The minimum absolute atomic E-state index is 0.333. The minimum Gasteiger partial charge on any atom is -0.381 e. The lowest BCUT2D eigenvalue weighted by Gasteiger charge is -2.12. The highest BCUT2D eigenvalue weighted by Gasteiger charge is 2.24. The molecule has 1 amide bonds. The van der Waals surface area contributed by atoms with E-state index in [4.69, 9.17) is 0 Å². The van der Waals surface area contributed by atoms with E-state index in [0.717, 1.165) is 6.54 Å². The summed E-state index contributed by atoms with van der Waals surface area (Å²) in [5.41, 5.74) is 2.33. The quantitative estimate of drug-likeness (QED) is 0.693. The average molecular weight is 358 g/mol. The zero-order valence-corrected chi connectivity index (χ0v) is 14.6. The van der Waals surface area contributed by atoms with E-state index < -0.39 is 5.82 Å². The van der Waals surface area contributed by atoms with Crippen molar-refractivity contribution in [3.8, 4) is 0 Å². The van der Waals surface area contributed by atoms with Gasteiger partial charge in [-0.3, -0.25) is 4.79 Å². The maximum atomic E-state index is 14.2. The number of carbonyl (C=O) groups is 1. The maximum absolute atomic E-state index is 14.2. The molecule has 0 bridgehead atoms. The first kappa shape index (κ1) is 17.9. The zero-order valence-electron chi connectivity index (χ0n) is 14.6. The normalized spacial score (nSPS) is 14.5. The molecule has 0 fully saturated rings. The fourth-order valence-corrected chi connectivity index (χ4v) is 2.63. The summed E-state index contributed by atoms with van der Waals surface area (Å²) in [6, 6.07) is 8.81. The van der Waals surface area contributed by atoms with Crippen LogP contribution in [0.25, 0.3) is 5.57 Å². The van der Waals surface area contributed by atoms with E-state index in [1.807, 2.05) is 19.0 Å². The van der Waals surface area contributed by atoms with E-state index in [1.165, 1.54) is 30.5 Å². The Hall–Kier alpha value is -2.93. The molecular formula is C19H20F2N4O. The summed E-state index contributed by atoms with van der Waals surface area (Å²) < 4.78 is 27.4. The number of amides is 1. The van der Waals surface area contributed by atoms with Gasteiger partial charge in [-0.1, -0.05) is 0 Å². The molecule has 0 spiro atoms. The van der Waals surface area contributed by atoms with Gasteiger partial charge in [-0.2, -0.15) is 0 Å². The van der Waals surface area contributed by atoms with Crippen LogP contribution in [0.15, 0.2) is 42.6 Å². The number of likely N-dealkylation sites (N-methyl/N-ethyl adjacent to an activating group) is 1. The molecule has 1 aliphatic heterocycles. The summed E-state index contributed by atoms with van der Waals surface area (Å²) in [7, 11) is 3.90. The van der Waals surface area contributed by atoms with E-state index >= 15 is 0 Å². The number of benzene rings is 2. The van der Waals surface area contributed by atoms with Gasteiger partial charge in [-0.15, -0.1) is 0 Å². The number of hydrogen-bond acceptors (Lipinski definition) is 4. The van der Waals surface area contributed by atoms with Crippen molar-refractivity contribution in [1.82, 2.24) is 4.90 Å². The van der Waals surface area contributed by atoms with Gasteiger partial charge in [0.2, 0.25) is 0 Å². The lowest BCUT2D eigenvalue weighted by Crippen LogP contribution is -2.21. The number of halogens is 2. The van der Waals surface area contributed by atoms with Crippen LogP contribution in [0, 0.1) is 11.6 Å². The van der Waals surface area contributed by atoms with Crippen LogP contribution in [0.4, 0.5) is 25.8 Å². The van der Waals surface area contributed by atoms with Crippen molar-refractivity contribution in [2.45, 2.75) is 0 Å². The molecule has 3 rings (SSSR count). The number of anilines is 3. The number of nitrogens with zero attached hydrogens (tertiary/aromatic N) is 1. The molecular weight excluding hydrogens is 338 g/mol. The summed E-state index contributed by atoms with van der Waals surface area (Å²) in [5, 5.41) is 8.56. The summed E-state index contributed by atoms with van der Waals surface area (Å²) >= 11 is 0. The van der Waals surface area contributed by atoms with Crippen molar-refractivity contribution in [2.24, 2.45) is 0 Å². The fraction of sp³-hybridized carbons (Fsp3) is 0.211. The van der Waals surface area contributed by atoms with Crippen molar-refractivity contribution in [1.29, 1.82) is 0 Å². The molecule has 0 saturated carbocycles. The van der Waals surface area contributed by atoms with Gasteiger partial charge in [-0.05, 0) is 50.5 Å². The van der Waals surface area contributed by atoms with Gasteiger partial charge in [0, 0.05) is 30.5 Å². The summed E-state index contributed by atoms with van der Waals surface area (Å²) in [6.07, 6.45) is 1.49. The minimum atomic E-state index is -0.419. The third kappa shape index (κ3) is 4.00. The molecule has 136 valence electrons. The Morgan fingerprint density at radius 2 is 1.96 bits per heavy atom. The fourth-order valence-electron chi connectivity index (χ4n) is 2.63. The highest BCUT2D eigenvalue weighted by atomic mass is 19.1. The van der Waals surface area contributed by atoms with Gasteiger partial charge in [0.25, 0.3) is 5.91 Å². The summed E-state index contributed by atoms with van der Waals surface area (Å²) in [4.78, 5) is 14.0. The molecule has 7 heteroatoms. The monoisotopic (exact) mass is 358 g/mol. The third-order valence-electron chi connectivity index (χ3n) is 3.99. The van der Waals surface area contributed by atoms with E-state index in [0.29, 0.717) is 34.7 Å². The van der Waals surface area contributed by atoms with Crippen molar-refractivity contribution in [3.63, 3.8) is 0 Å². The van der Waals surface area contributed by atoms with Crippen LogP contribution < -0.4 is 16.0 Å². The number of hydrogen-bond donors (Lipinski definition) is 3. The van der Waals surface area contributed by atoms with E-state index in [1.54, 1.807) is 12.1 Å². The highest BCUT2D eigenvalue weighted by molar-refractivity contribution is 6.31. The highest BCUT2D eigenvalue weighted by Crippen LogP contribution is 2.32. The van der Waals surface area contributed by atoms with Crippen LogP contribution in [0.5, 0.6) is 0 Å². The van der Waals surface area contributed by atoms with Crippen LogP contribution >= 0.6 is 0 Å². The number of rotatable bonds is 6. The molecule has 2 aromatic rings. The number of fused-ring (bicyclic) bond motifs is 1. The molecule has 2 aromatic carbocycles. The lowest BCUT2D eigenvalue weighted by molar-refractivity contribution is -0.110. The Balaban J connectivity index is 1.71. The molecule has 0 aliphatic carbocycles. The second-order valence-electron chi connectivity index (χ2n) is 6.27. The maximum Gasteiger partial charge on any atom is 0.257 e. The van der Waals surface area contributed by atoms with Gasteiger partial charge >= 0.3 is 0 Å². The second-order valence-corrected chi connectivity index (χ2v) is 6.27. The molecule has 0 atom stereocenters. The second kappa shape index (κ2) is 7.53. The molecule has 0 radical (unpaired) electrons. The topological polar surface area (TPSA) is 56.4 Å². The first-order chi connectivity index (χ1) is 12.4. The van der Waals surface area contributed by atoms with Crippen LogP contribution in [0.1, 0.15) is 5.56 Å². The predicted molar refractivity (Wildman–Crippen MR) is 100 cm³/mol. The Kier molecular flexibility index (Phi) is 5.18.